The lowest BCUT2D eigenvalue weighted by molar-refractivity contribution is -0.125. The number of ketones is 1. The van der Waals surface area contributed by atoms with E-state index in [-0.39, 0.29) is 17.5 Å². The van der Waals surface area contributed by atoms with Gasteiger partial charge in [0.1, 0.15) is 5.78 Å². The summed E-state index contributed by atoms with van der Waals surface area (Å²) in [5, 5.41) is 0. The van der Waals surface area contributed by atoms with E-state index in [9.17, 15) is 9.18 Å². The molecule has 1 unspecified atom stereocenters. The van der Waals surface area contributed by atoms with Crippen LogP contribution in [0, 0.1) is 11.7 Å². The lowest BCUT2D eigenvalue weighted by Gasteiger charge is -2.30. The van der Waals surface area contributed by atoms with E-state index in [1.807, 2.05) is 6.92 Å². The zero-order valence-corrected chi connectivity index (χ0v) is 10.8. The lowest BCUT2D eigenvalue weighted by atomic mass is 9.98. The maximum absolute atomic E-state index is 14.0. The molecule has 0 spiro atoms. The van der Waals surface area contributed by atoms with Gasteiger partial charge in [0.2, 0.25) is 0 Å². The number of hydrogen-bond donors (Lipinski definition) is 0. The molecule has 98 valence electrons. The monoisotopic (exact) mass is 251 g/mol. The van der Waals surface area contributed by atoms with Crippen molar-refractivity contribution >= 4 is 5.78 Å². The van der Waals surface area contributed by atoms with Crippen molar-refractivity contribution in [3.05, 3.63) is 29.6 Å². The number of carbonyl (C=O) groups excluding carboxylic acids is 1. The molecule has 1 fully saturated rings. The summed E-state index contributed by atoms with van der Waals surface area (Å²) in [6.45, 7) is 3.87. The van der Waals surface area contributed by atoms with Gasteiger partial charge in [-0.1, -0.05) is 19.1 Å². The Labute approximate surface area is 107 Å². The van der Waals surface area contributed by atoms with Crippen LogP contribution >= 0.6 is 0 Å². The van der Waals surface area contributed by atoms with Crippen LogP contribution in [-0.4, -0.2) is 30.9 Å². The molecule has 1 heterocycles. The van der Waals surface area contributed by atoms with Gasteiger partial charge in [0.25, 0.3) is 0 Å². The Morgan fingerprint density at radius 2 is 2.28 bits per heavy atom. The number of ether oxygens (including phenoxy) is 1. The van der Waals surface area contributed by atoms with Gasteiger partial charge in [-0.25, -0.2) is 4.39 Å². The fourth-order valence-corrected chi connectivity index (χ4v) is 2.32. The Kier molecular flexibility index (Phi) is 3.97. The largest absolute Gasteiger partial charge is 0.494 e. The Bertz CT molecular complexity index is 447. The molecule has 0 bridgehead atoms. The molecule has 18 heavy (non-hydrogen) atoms. The molecule has 0 saturated carbocycles. The molecule has 0 N–H and O–H groups in total. The van der Waals surface area contributed by atoms with Gasteiger partial charge in [0, 0.05) is 37.5 Å². The van der Waals surface area contributed by atoms with Crippen LogP contribution in [0.3, 0.4) is 0 Å². The van der Waals surface area contributed by atoms with Crippen LogP contribution in [0.1, 0.15) is 18.9 Å². The molecular formula is C14H18FNO2. The predicted molar refractivity (Wildman–Crippen MR) is 67.0 cm³/mol. The van der Waals surface area contributed by atoms with Gasteiger partial charge in [-0.05, 0) is 6.07 Å². The van der Waals surface area contributed by atoms with Gasteiger partial charge in [-0.3, -0.25) is 9.69 Å². The molecule has 1 aromatic rings. The number of Topliss-reactive ketones (excluding diaryl/α,β-unsaturated/α-hetero) is 1. The van der Waals surface area contributed by atoms with E-state index in [0.717, 1.165) is 0 Å². The van der Waals surface area contributed by atoms with E-state index in [1.54, 1.807) is 18.2 Å². The third-order valence-corrected chi connectivity index (χ3v) is 3.41. The van der Waals surface area contributed by atoms with E-state index in [1.165, 1.54) is 7.11 Å². The Balaban J connectivity index is 2.08. The first-order valence-corrected chi connectivity index (χ1v) is 6.18. The molecule has 1 aliphatic heterocycles. The van der Waals surface area contributed by atoms with Gasteiger partial charge in [-0.15, -0.1) is 0 Å². The van der Waals surface area contributed by atoms with Crippen molar-refractivity contribution in [2.75, 3.05) is 20.2 Å². The van der Waals surface area contributed by atoms with Crippen molar-refractivity contribution in [1.82, 2.24) is 4.90 Å². The minimum Gasteiger partial charge on any atom is -0.494 e. The zero-order chi connectivity index (χ0) is 13.1. The second-order valence-corrected chi connectivity index (χ2v) is 4.79. The second-order valence-electron chi connectivity index (χ2n) is 4.79. The van der Waals surface area contributed by atoms with Crippen molar-refractivity contribution in [2.45, 2.75) is 19.9 Å². The Hall–Kier alpha value is -1.42. The van der Waals surface area contributed by atoms with E-state index < -0.39 is 0 Å². The number of likely N-dealkylation sites (tertiary alicyclic amines) is 1. The third kappa shape index (κ3) is 2.70. The van der Waals surface area contributed by atoms with Crippen LogP contribution in [0.15, 0.2) is 18.2 Å². The van der Waals surface area contributed by atoms with Crippen molar-refractivity contribution in [3.63, 3.8) is 0 Å². The molecule has 1 saturated heterocycles. The fraction of sp³-hybridized carbons (Fsp3) is 0.500. The smallest absolute Gasteiger partial charge is 0.169 e. The number of carbonyl (C=O) groups is 1. The van der Waals surface area contributed by atoms with Crippen LogP contribution in [0.2, 0.25) is 0 Å². The van der Waals surface area contributed by atoms with Crippen molar-refractivity contribution in [2.24, 2.45) is 5.92 Å². The highest BCUT2D eigenvalue weighted by molar-refractivity contribution is 5.81. The first kappa shape index (κ1) is 13.0. The quantitative estimate of drug-likeness (QED) is 0.825. The first-order chi connectivity index (χ1) is 8.61. The molecular weight excluding hydrogens is 233 g/mol. The van der Waals surface area contributed by atoms with Gasteiger partial charge >= 0.3 is 0 Å². The molecule has 0 aromatic heterocycles. The molecule has 4 heteroatoms. The van der Waals surface area contributed by atoms with Gasteiger partial charge in [0.15, 0.2) is 11.6 Å². The van der Waals surface area contributed by atoms with Crippen molar-refractivity contribution in [1.29, 1.82) is 0 Å². The second kappa shape index (κ2) is 5.48. The van der Waals surface area contributed by atoms with Crippen LogP contribution < -0.4 is 4.74 Å². The number of nitrogens with zero attached hydrogens (tertiary/aromatic N) is 1. The molecule has 0 amide bonds. The van der Waals surface area contributed by atoms with Crippen molar-refractivity contribution < 1.29 is 13.9 Å². The van der Waals surface area contributed by atoms with Crippen molar-refractivity contribution in [3.8, 4) is 5.75 Å². The zero-order valence-electron chi connectivity index (χ0n) is 10.8. The standard InChI is InChI=1S/C14H18FNO2/c1-10-8-16(7-6-12(10)17)9-11-4-3-5-13(18-2)14(11)15/h3-5,10H,6-9H2,1-2H3. The third-order valence-electron chi connectivity index (χ3n) is 3.41. The molecule has 0 aliphatic carbocycles. The van der Waals surface area contributed by atoms with E-state index in [4.69, 9.17) is 4.74 Å². The van der Waals surface area contributed by atoms with E-state index in [2.05, 4.69) is 4.90 Å². The highest BCUT2D eigenvalue weighted by Gasteiger charge is 2.24. The highest BCUT2D eigenvalue weighted by Crippen LogP contribution is 2.22. The molecule has 1 atom stereocenters. The van der Waals surface area contributed by atoms with Gasteiger partial charge in [0.05, 0.1) is 7.11 Å². The average Bonchev–Trinajstić information content (AvgIpc) is 2.36. The lowest BCUT2D eigenvalue weighted by Crippen LogP contribution is -2.39. The highest BCUT2D eigenvalue weighted by atomic mass is 19.1. The number of methoxy groups -OCH3 is 1. The summed E-state index contributed by atoms with van der Waals surface area (Å²) in [6.07, 6.45) is 0.562. The predicted octanol–water partition coefficient (Wildman–Crippen LogP) is 2.25. The Morgan fingerprint density at radius 3 is 2.94 bits per heavy atom. The maximum atomic E-state index is 14.0. The topological polar surface area (TPSA) is 29.5 Å². The van der Waals surface area contributed by atoms with E-state index >= 15 is 0 Å². The molecule has 2 rings (SSSR count). The summed E-state index contributed by atoms with van der Waals surface area (Å²) >= 11 is 0. The summed E-state index contributed by atoms with van der Waals surface area (Å²) in [4.78, 5) is 13.6. The fourth-order valence-electron chi connectivity index (χ4n) is 2.32. The number of rotatable bonds is 3. The molecule has 1 aliphatic rings. The number of halogens is 1. The summed E-state index contributed by atoms with van der Waals surface area (Å²) in [5.41, 5.74) is 0.621. The molecule has 1 aromatic carbocycles. The van der Waals surface area contributed by atoms with Crippen LogP contribution in [0.4, 0.5) is 4.39 Å². The summed E-state index contributed by atoms with van der Waals surface area (Å²) in [6, 6.07) is 5.16. The van der Waals surface area contributed by atoms with Gasteiger partial charge < -0.3 is 4.74 Å². The normalized spacial score (nSPS) is 21.1. The van der Waals surface area contributed by atoms with Crippen LogP contribution in [-0.2, 0) is 11.3 Å². The maximum Gasteiger partial charge on any atom is 0.169 e. The van der Waals surface area contributed by atoms with Crippen LogP contribution in [0.25, 0.3) is 0 Å². The summed E-state index contributed by atoms with van der Waals surface area (Å²) in [7, 11) is 1.46. The minimum atomic E-state index is -0.301. The Morgan fingerprint density at radius 1 is 1.50 bits per heavy atom. The summed E-state index contributed by atoms with van der Waals surface area (Å²) in [5.74, 6) is 0.322. The van der Waals surface area contributed by atoms with E-state index in [0.29, 0.717) is 37.4 Å². The summed E-state index contributed by atoms with van der Waals surface area (Å²) < 4.78 is 18.9. The number of benzene rings is 1. The first-order valence-electron chi connectivity index (χ1n) is 6.18. The SMILES string of the molecule is COc1cccc(CN2CCC(=O)C(C)C2)c1F. The molecule has 0 radical (unpaired) electrons. The van der Waals surface area contributed by atoms with Gasteiger partial charge in [-0.2, -0.15) is 0 Å². The minimum absolute atomic E-state index is 0.0485. The molecule has 3 nitrogen and oxygen atoms in total. The van der Waals surface area contributed by atoms with Crippen LogP contribution in [0.5, 0.6) is 5.75 Å². The number of hydrogen-bond acceptors (Lipinski definition) is 3. The number of piperidine rings is 1. The average molecular weight is 251 g/mol.